The van der Waals surface area contributed by atoms with Gasteiger partial charge in [-0.05, 0) is 25.5 Å². The average molecular weight is 288 g/mol. The lowest BCUT2D eigenvalue weighted by atomic mass is 10.1. The number of alkyl halides is 3. The van der Waals surface area contributed by atoms with Crippen molar-refractivity contribution in [2.24, 2.45) is 0 Å². The maximum absolute atomic E-state index is 11.9. The van der Waals surface area contributed by atoms with Gasteiger partial charge in [0.2, 0.25) is 0 Å². The first-order valence-electron chi connectivity index (χ1n) is 6.00. The SMILES string of the molecule is Cc1cccc(C(=O)NCCCNC(=O)C(F)(F)F)c1. The van der Waals surface area contributed by atoms with E-state index in [1.807, 2.05) is 13.0 Å². The van der Waals surface area contributed by atoms with Gasteiger partial charge in [0.05, 0.1) is 0 Å². The van der Waals surface area contributed by atoms with Gasteiger partial charge in [0.25, 0.3) is 5.91 Å². The van der Waals surface area contributed by atoms with Crippen LogP contribution in [0, 0.1) is 6.92 Å². The zero-order chi connectivity index (χ0) is 15.2. The first-order valence-corrected chi connectivity index (χ1v) is 6.00. The van der Waals surface area contributed by atoms with E-state index >= 15 is 0 Å². The van der Waals surface area contributed by atoms with Crippen molar-refractivity contribution < 1.29 is 22.8 Å². The maximum Gasteiger partial charge on any atom is 0.471 e. The molecule has 0 bridgehead atoms. The number of halogens is 3. The smallest absolute Gasteiger partial charge is 0.352 e. The van der Waals surface area contributed by atoms with Crippen molar-refractivity contribution in [1.29, 1.82) is 0 Å². The Kier molecular flexibility index (Phi) is 5.54. The lowest BCUT2D eigenvalue weighted by molar-refractivity contribution is -0.173. The van der Waals surface area contributed by atoms with Crippen LogP contribution >= 0.6 is 0 Å². The molecular formula is C13H15F3N2O2. The molecule has 2 amide bonds. The molecule has 1 aromatic carbocycles. The van der Waals surface area contributed by atoms with E-state index in [9.17, 15) is 22.8 Å². The van der Waals surface area contributed by atoms with Crippen LogP contribution in [-0.4, -0.2) is 31.1 Å². The summed E-state index contributed by atoms with van der Waals surface area (Å²) in [7, 11) is 0. The van der Waals surface area contributed by atoms with Crippen LogP contribution in [0.4, 0.5) is 13.2 Å². The highest BCUT2D eigenvalue weighted by atomic mass is 19.4. The predicted octanol–water partition coefficient (Wildman–Crippen LogP) is 1.79. The Morgan fingerprint density at radius 2 is 1.80 bits per heavy atom. The Hall–Kier alpha value is -2.05. The second-order valence-corrected chi connectivity index (χ2v) is 4.23. The Labute approximate surface area is 114 Å². The summed E-state index contributed by atoms with van der Waals surface area (Å²) in [6, 6.07) is 6.95. The average Bonchev–Trinajstić information content (AvgIpc) is 2.36. The third-order valence-corrected chi connectivity index (χ3v) is 2.46. The van der Waals surface area contributed by atoms with E-state index in [0.29, 0.717) is 5.56 Å². The van der Waals surface area contributed by atoms with Crippen LogP contribution in [-0.2, 0) is 4.79 Å². The molecule has 0 unspecified atom stereocenters. The van der Waals surface area contributed by atoms with E-state index in [1.54, 1.807) is 23.5 Å². The number of nitrogens with one attached hydrogen (secondary N) is 2. The monoisotopic (exact) mass is 288 g/mol. The summed E-state index contributed by atoms with van der Waals surface area (Å²) < 4.78 is 35.6. The Bertz CT molecular complexity index is 487. The number of carbonyl (C=O) groups excluding carboxylic acids is 2. The summed E-state index contributed by atoms with van der Waals surface area (Å²) in [6.45, 7) is 1.89. The topological polar surface area (TPSA) is 58.2 Å². The van der Waals surface area contributed by atoms with Crippen molar-refractivity contribution in [1.82, 2.24) is 10.6 Å². The normalized spacial score (nSPS) is 11.0. The number of hydrogen-bond donors (Lipinski definition) is 2. The molecule has 0 saturated carbocycles. The summed E-state index contributed by atoms with van der Waals surface area (Å²) in [4.78, 5) is 22.2. The molecule has 0 heterocycles. The molecule has 2 N–H and O–H groups in total. The fourth-order valence-electron chi connectivity index (χ4n) is 1.48. The van der Waals surface area contributed by atoms with Crippen LogP contribution in [0.2, 0.25) is 0 Å². The van der Waals surface area contributed by atoms with Crippen LogP contribution in [0.3, 0.4) is 0 Å². The van der Waals surface area contributed by atoms with Gasteiger partial charge in [0, 0.05) is 18.7 Å². The number of hydrogen-bond acceptors (Lipinski definition) is 2. The number of amides is 2. The lowest BCUT2D eigenvalue weighted by Gasteiger charge is -2.08. The minimum absolute atomic E-state index is 0.146. The molecule has 0 aromatic heterocycles. The molecule has 110 valence electrons. The van der Waals surface area contributed by atoms with Gasteiger partial charge in [-0.25, -0.2) is 0 Å². The molecular weight excluding hydrogens is 273 g/mol. The molecule has 0 radical (unpaired) electrons. The minimum Gasteiger partial charge on any atom is -0.352 e. The van der Waals surface area contributed by atoms with Crippen molar-refractivity contribution in [2.45, 2.75) is 19.5 Å². The molecule has 0 aliphatic carbocycles. The molecule has 0 atom stereocenters. The number of aryl methyl sites for hydroxylation is 1. The quantitative estimate of drug-likeness (QED) is 0.812. The zero-order valence-electron chi connectivity index (χ0n) is 10.9. The van der Waals surface area contributed by atoms with Gasteiger partial charge in [-0.2, -0.15) is 13.2 Å². The predicted molar refractivity (Wildman–Crippen MR) is 67.2 cm³/mol. The first kappa shape index (κ1) is 16.0. The van der Waals surface area contributed by atoms with Gasteiger partial charge in [-0.1, -0.05) is 17.7 Å². The molecule has 0 aliphatic rings. The van der Waals surface area contributed by atoms with Crippen LogP contribution in [0.25, 0.3) is 0 Å². The Morgan fingerprint density at radius 1 is 1.15 bits per heavy atom. The largest absolute Gasteiger partial charge is 0.471 e. The number of benzene rings is 1. The standard InChI is InChI=1S/C13H15F3N2O2/c1-9-4-2-5-10(8-9)11(19)17-6-3-7-18-12(20)13(14,15)16/h2,4-5,8H,3,6-7H2,1H3,(H,17,19)(H,18,20). The minimum atomic E-state index is -4.87. The molecule has 0 fully saturated rings. The third kappa shape index (κ3) is 5.29. The number of carbonyl (C=O) groups is 2. The highest BCUT2D eigenvalue weighted by Crippen LogP contribution is 2.13. The fraction of sp³-hybridized carbons (Fsp3) is 0.385. The molecule has 1 aromatic rings. The van der Waals surface area contributed by atoms with Crippen molar-refractivity contribution in [2.75, 3.05) is 13.1 Å². The molecule has 7 heteroatoms. The molecule has 0 aliphatic heterocycles. The summed E-state index contributed by atoms with van der Waals surface area (Å²) in [5, 5.41) is 4.30. The van der Waals surface area contributed by atoms with Gasteiger partial charge >= 0.3 is 12.1 Å². The molecule has 0 saturated heterocycles. The van der Waals surface area contributed by atoms with E-state index in [-0.39, 0.29) is 25.4 Å². The van der Waals surface area contributed by atoms with Crippen molar-refractivity contribution in [3.05, 3.63) is 35.4 Å². The maximum atomic E-state index is 11.9. The number of rotatable bonds is 5. The second-order valence-electron chi connectivity index (χ2n) is 4.23. The third-order valence-electron chi connectivity index (χ3n) is 2.46. The Balaban J connectivity index is 2.25. The van der Waals surface area contributed by atoms with E-state index < -0.39 is 12.1 Å². The highest BCUT2D eigenvalue weighted by Gasteiger charge is 2.38. The summed E-state index contributed by atoms with van der Waals surface area (Å²) >= 11 is 0. The highest BCUT2D eigenvalue weighted by molar-refractivity contribution is 5.94. The van der Waals surface area contributed by atoms with E-state index in [0.717, 1.165) is 5.56 Å². The van der Waals surface area contributed by atoms with Crippen molar-refractivity contribution in [3.8, 4) is 0 Å². The molecule has 0 spiro atoms. The van der Waals surface area contributed by atoms with Crippen LogP contribution < -0.4 is 10.6 Å². The molecule has 20 heavy (non-hydrogen) atoms. The summed E-state index contributed by atoms with van der Waals surface area (Å²) in [6.07, 6.45) is -4.65. The second kappa shape index (κ2) is 6.93. The Morgan fingerprint density at radius 3 is 2.40 bits per heavy atom. The van der Waals surface area contributed by atoms with Crippen LogP contribution in [0.5, 0.6) is 0 Å². The lowest BCUT2D eigenvalue weighted by Crippen LogP contribution is -2.38. The van der Waals surface area contributed by atoms with Crippen LogP contribution in [0.1, 0.15) is 22.3 Å². The zero-order valence-corrected chi connectivity index (χ0v) is 10.9. The van der Waals surface area contributed by atoms with Crippen molar-refractivity contribution in [3.63, 3.8) is 0 Å². The van der Waals surface area contributed by atoms with E-state index in [4.69, 9.17) is 0 Å². The fourth-order valence-corrected chi connectivity index (χ4v) is 1.48. The molecule has 1 rings (SSSR count). The summed E-state index contributed by atoms with van der Waals surface area (Å²) in [5.41, 5.74) is 1.43. The van der Waals surface area contributed by atoms with Gasteiger partial charge < -0.3 is 10.6 Å². The van der Waals surface area contributed by atoms with E-state index in [2.05, 4.69) is 5.32 Å². The first-order chi connectivity index (χ1) is 9.30. The van der Waals surface area contributed by atoms with Gasteiger partial charge in [-0.15, -0.1) is 0 Å². The molecule has 4 nitrogen and oxygen atoms in total. The van der Waals surface area contributed by atoms with Gasteiger partial charge in [0.1, 0.15) is 0 Å². The van der Waals surface area contributed by atoms with Crippen molar-refractivity contribution >= 4 is 11.8 Å². The van der Waals surface area contributed by atoms with Gasteiger partial charge in [-0.3, -0.25) is 9.59 Å². The van der Waals surface area contributed by atoms with Crippen LogP contribution in [0.15, 0.2) is 24.3 Å². The van der Waals surface area contributed by atoms with Gasteiger partial charge in [0.15, 0.2) is 0 Å². The summed E-state index contributed by atoms with van der Waals surface area (Å²) in [5.74, 6) is -2.27. The van der Waals surface area contributed by atoms with E-state index in [1.165, 1.54) is 0 Å².